The molecule has 3 rings (SSSR count). The first-order valence-electron chi connectivity index (χ1n) is 4.78. The molecule has 0 aliphatic rings. The van der Waals surface area contributed by atoms with Crippen LogP contribution in [-0.4, -0.2) is 4.98 Å². The van der Waals surface area contributed by atoms with Crippen molar-refractivity contribution in [2.75, 3.05) is 0 Å². The number of halogens is 1. The number of rotatable bonds is 0. The van der Waals surface area contributed by atoms with Crippen LogP contribution in [0.3, 0.4) is 0 Å². The summed E-state index contributed by atoms with van der Waals surface area (Å²) in [4.78, 5) is 4.55. The molecule has 72 valence electrons. The van der Waals surface area contributed by atoms with E-state index in [4.69, 9.17) is 11.6 Å². The third-order valence-corrected chi connectivity index (χ3v) is 2.72. The average Bonchev–Trinajstić information content (AvgIpc) is 2.26. The van der Waals surface area contributed by atoms with Crippen molar-refractivity contribution in [1.82, 2.24) is 4.98 Å². The molecule has 1 nitrogen and oxygen atoms in total. The normalized spacial score (nSPS) is 11.0. The van der Waals surface area contributed by atoms with Gasteiger partial charge in [0.1, 0.15) is 0 Å². The summed E-state index contributed by atoms with van der Waals surface area (Å²) in [7, 11) is 0. The first kappa shape index (κ1) is 8.69. The number of fused-ring (bicyclic) bond motifs is 2. The molecule has 0 spiro atoms. The predicted molar refractivity (Wildman–Crippen MR) is 64.3 cm³/mol. The van der Waals surface area contributed by atoms with Gasteiger partial charge in [0.05, 0.1) is 11.0 Å². The van der Waals surface area contributed by atoms with Gasteiger partial charge in [-0.3, -0.25) is 0 Å². The Morgan fingerprint density at radius 2 is 1.60 bits per heavy atom. The molecule has 0 atom stereocenters. The second-order valence-electron chi connectivity index (χ2n) is 3.52. The summed E-state index contributed by atoms with van der Waals surface area (Å²) in [6, 6.07) is 16.0. The predicted octanol–water partition coefficient (Wildman–Crippen LogP) is 4.04. The number of benzene rings is 2. The monoisotopic (exact) mass is 213 g/mol. The van der Waals surface area contributed by atoms with Crippen molar-refractivity contribution in [2.45, 2.75) is 0 Å². The SMILES string of the molecule is Clc1ccc2cc3ccccc3nc2c1. The van der Waals surface area contributed by atoms with E-state index in [1.54, 1.807) is 0 Å². The molecule has 0 N–H and O–H groups in total. The lowest BCUT2D eigenvalue weighted by molar-refractivity contribution is 1.50. The number of nitrogens with zero attached hydrogens (tertiary/aromatic N) is 1. The zero-order chi connectivity index (χ0) is 10.3. The zero-order valence-corrected chi connectivity index (χ0v) is 8.70. The Morgan fingerprint density at radius 3 is 2.53 bits per heavy atom. The highest BCUT2D eigenvalue weighted by atomic mass is 35.5. The minimum Gasteiger partial charge on any atom is -0.248 e. The molecule has 0 bridgehead atoms. The Labute approximate surface area is 92.3 Å². The Balaban J connectivity index is 2.47. The van der Waals surface area contributed by atoms with Gasteiger partial charge in [-0.25, -0.2) is 4.98 Å². The summed E-state index contributed by atoms with van der Waals surface area (Å²) in [5.74, 6) is 0. The Kier molecular flexibility index (Phi) is 1.86. The van der Waals surface area contributed by atoms with Crippen molar-refractivity contribution < 1.29 is 0 Å². The maximum absolute atomic E-state index is 5.93. The highest BCUT2D eigenvalue weighted by Gasteiger charge is 1.99. The highest BCUT2D eigenvalue weighted by molar-refractivity contribution is 6.31. The molecule has 0 aliphatic heterocycles. The van der Waals surface area contributed by atoms with E-state index < -0.39 is 0 Å². The van der Waals surface area contributed by atoms with E-state index in [9.17, 15) is 0 Å². The third-order valence-electron chi connectivity index (χ3n) is 2.48. The van der Waals surface area contributed by atoms with Crippen LogP contribution in [-0.2, 0) is 0 Å². The fraction of sp³-hybridized carbons (Fsp3) is 0. The van der Waals surface area contributed by atoms with Crippen molar-refractivity contribution >= 4 is 33.4 Å². The van der Waals surface area contributed by atoms with E-state index in [1.807, 2.05) is 36.4 Å². The van der Waals surface area contributed by atoms with Crippen molar-refractivity contribution in [3.8, 4) is 0 Å². The standard InChI is InChI=1S/C13H8ClN/c14-11-6-5-10-7-9-3-1-2-4-12(9)15-13(10)8-11/h1-8H. The van der Waals surface area contributed by atoms with E-state index in [-0.39, 0.29) is 0 Å². The van der Waals surface area contributed by atoms with E-state index in [0.717, 1.165) is 26.8 Å². The number of aromatic nitrogens is 1. The van der Waals surface area contributed by atoms with Gasteiger partial charge in [-0.05, 0) is 24.3 Å². The molecular formula is C13H8ClN. The topological polar surface area (TPSA) is 12.9 Å². The van der Waals surface area contributed by atoms with E-state index in [1.165, 1.54) is 0 Å². The number of para-hydroxylation sites is 1. The van der Waals surface area contributed by atoms with Gasteiger partial charge in [-0.1, -0.05) is 35.9 Å². The van der Waals surface area contributed by atoms with Crippen LogP contribution >= 0.6 is 11.6 Å². The van der Waals surface area contributed by atoms with Gasteiger partial charge in [0, 0.05) is 15.8 Å². The van der Waals surface area contributed by atoms with Gasteiger partial charge >= 0.3 is 0 Å². The van der Waals surface area contributed by atoms with Crippen LogP contribution in [0.2, 0.25) is 5.02 Å². The second-order valence-corrected chi connectivity index (χ2v) is 3.95. The molecule has 1 aromatic heterocycles. The zero-order valence-electron chi connectivity index (χ0n) is 7.94. The van der Waals surface area contributed by atoms with Gasteiger partial charge in [-0.15, -0.1) is 0 Å². The van der Waals surface area contributed by atoms with Crippen LogP contribution < -0.4 is 0 Å². The lowest BCUT2D eigenvalue weighted by Crippen LogP contribution is -1.81. The van der Waals surface area contributed by atoms with Gasteiger partial charge in [0.15, 0.2) is 0 Å². The lowest BCUT2D eigenvalue weighted by Gasteiger charge is -2.01. The quantitative estimate of drug-likeness (QED) is 0.514. The summed E-state index contributed by atoms with van der Waals surface area (Å²) in [5, 5.41) is 3.01. The van der Waals surface area contributed by atoms with Crippen molar-refractivity contribution in [3.05, 3.63) is 53.6 Å². The summed E-state index contributed by atoms with van der Waals surface area (Å²) in [5.41, 5.74) is 1.95. The van der Waals surface area contributed by atoms with E-state index in [0.29, 0.717) is 0 Å². The Hall–Kier alpha value is -1.60. The van der Waals surface area contributed by atoms with Crippen LogP contribution in [0.5, 0.6) is 0 Å². The Bertz CT molecular complexity index is 646. The molecule has 2 heteroatoms. The molecule has 3 aromatic rings. The maximum atomic E-state index is 5.93. The molecular weight excluding hydrogens is 206 g/mol. The van der Waals surface area contributed by atoms with Gasteiger partial charge in [0.2, 0.25) is 0 Å². The minimum absolute atomic E-state index is 0.727. The second kappa shape index (κ2) is 3.21. The molecule has 0 aliphatic carbocycles. The van der Waals surface area contributed by atoms with E-state index in [2.05, 4.69) is 17.1 Å². The van der Waals surface area contributed by atoms with Gasteiger partial charge < -0.3 is 0 Å². The first-order valence-corrected chi connectivity index (χ1v) is 5.16. The van der Waals surface area contributed by atoms with Crippen molar-refractivity contribution in [3.63, 3.8) is 0 Å². The number of hydrogen-bond acceptors (Lipinski definition) is 1. The summed E-state index contributed by atoms with van der Waals surface area (Å²) in [6.07, 6.45) is 0. The Morgan fingerprint density at radius 1 is 0.800 bits per heavy atom. The first-order chi connectivity index (χ1) is 7.33. The molecule has 0 amide bonds. The van der Waals surface area contributed by atoms with E-state index >= 15 is 0 Å². The van der Waals surface area contributed by atoms with Crippen LogP contribution in [0.25, 0.3) is 21.8 Å². The van der Waals surface area contributed by atoms with Crippen LogP contribution in [0.1, 0.15) is 0 Å². The third kappa shape index (κ3) is 1.45. The molecule has 0 fully saturated rings. The van der Waals surface area contributed by atoms with Gasteiger partial charge in [-0.2, -0.15) is 0 Å². The maximum Gasteiger partial charge on any atom is 0.0724 e. The molecule has 0 saturated heterocycles. The van der Waals surface area contributed by atoms with Crippen molar-refractivity contribution in [2.24, 2.45) is 0 Å². The highest BCUT2D eigenvalue weighted by Crippen LogP contribution is 2.22. The van der Waals surface area contributed by atoms with Crippen LogP contribution in [0, 0.1) is 0 Å². The minimum atomic E-state index is 0.727. The molecule has 2 aromatic carbocycles. The van der Waals surface area contributed by atoms with Gasteiger partial charge in [0.25, 0.3) is 0 Å². The largest absolute Gasteiger partial charge is 0.248 e. The molecule has 15 heavy (non-hydrogen) atoms. The summed E-state index contributed by atoms with van der Waals surface area (Å²) < 4.78 is 0. The fourth-order valence-corrected chi connectivity index (χ4v) is 1.91. The summed E-state index contributed by atoms with van der Waals surface area (Å²) >= 11 is 5.93. The summed E-state index contributed by atoms with van der Waals surface area (Å²) in [6.45, 7) is 0. The number of hydrogen-bond donors (Lipinski definition) is 0. The number of pyridine rings is 1. The van der Waals surface area contributed by atoms with Crippen molar-refractivity contribution in [1.29, 1.82) is 0 Å². The molecule has 1 heterocycles. The lowest BCUT2D eigenvalue weighted by atomic mass is 10.1. The molecule has 0 saturated carbocycles. The van der Waals surface area contributed by atoms with Crippen LogP contribution in [0.4, 0.5) is 0 Å². The molecule has 0 unspecified atom stereocenters. The average molecular weight is 214 g/mol. The fourth-order valence-electron chi connectivity index (χ4n) is 1.74. The van der Waals surface area contributed by atoms with Crippen LogP contribution in [0.15, 0.2) is 48.5 Å². The smallest absolute Gasteiger partial charge is 0.0724 e. The molecule has 0 radical (unpaired) electrons.